The fraction of sp³-hybridized carbons (Fsp3) is 0.944. The zero-order chi connectivity index (χ0) is 17.4. The summed E-state index contributed by atoms with van der Waals surface area (Å²) in [7, 11) is -3.14. The van der Waals surface area contributed by atoms with E-state index in [0.29, 0.717) is 48.8 Å². The molecule has 5 nitrogen and oxygen atoms in total. The predicted octanol–water partition coefficient (Wildman–Crippen LogP) is 2.09. The van der Waals surface area contributed by atoms with Crippen LogP contribution in [0.5, 0.6) is 0 Å². The molecule has 136 valence electrons. The number of carbonyl (C=O) groups excluding carboxylic acids is 1. The number of carbonyl (C=O) groups is 1. The highest BCUT2D eigenvalue weighted by atomic mass is 32.2. The third-order valence-corrected chi connectivity index (χ3v) is 8.38. The van der Waals surface area contributed by atoms with Crippen LogP contribution < -0.4 is 0 Å². The molecule has 0 aromatic carbocycles. The molecule has 0 spiro atoms. The van der Waals surface area contributed by atoms with Crippen LogP contribution in [0.3, 0.4) is 0 Å². The summed E-state index contributed by atoms with van der Waals surface area (Å²) in [5.74, 6) is 1.02. The number of nitrogens with zero attached hydrogens (tertiary/aromatic N) is 2. The summed E-state index contributed by atoms with van der Waals surface area (Å²) in [5.41, 5.74) is 0.493. The summed E-state index contributed by atoms with van der Waals surface area (Å²) in [6.45, 7) is 6.76. The monoisotopic (exact) mass is 354 g/mol. The van der Waals surface area contributed by atoms with E-state index in [1.54, 1.807) is 0 Å². The van der Waals surface area contributed by atoms with Crippen LogP contribution in [0.2, 0.25) is 0 Å². The second-order valence-electron chi connectivity index (χ2n) is 9.86. The van der Waals surface area contributed by atoms with Gasteiger partial charge in [0.15, 0.2) is 0 Å². The van der Waals surface area contributed by atoms with Crippen molar-refractivity contribution < 1.29 is 13.2 Å². The molecule has 0 N–H and O–H groups in total. The van der Waals surface area contributed by atoms with E-state index in [2.05, 4.69) is 13.8 Å². The first-order chi connectivity index (χ1) is 11.0. The maximum Gasteiger partial charge on any atom is 0.228 e. The third kappa shape index (κ3) is 2.61. The van der Waals surface area contributed by atoms with Gasteiger partial charge in [0.25, 0.3) is 0 Å². The number of rotatable bonds is 2. The first-order valence-corrected chi connectivity index (χ1v) is 11.1. The maximum atomic E-state index is 13.5. The van der Waals surface area contributed by atoms with Gasteiger partial charge in [0.05, 0.1) is 11.7 Å². The molecule has 5 aliphatic rings. The van der Waals surface area contributed by atoms with Gasteiger partial charge in [-0.3, -0.25) is 4.79 Å². The quantitative estimate of drug-likeness (QED) is 0.763. The molecule has 0 radical (unpaired) electrons. The molecule has 4 aliphatic carbocycles. The van der Waals surface area contributed by atoms with E-state index < -0.39 is 10.0 Å². The topological polar surface area (TPSA) is 57.7 Å². The standard InChI is InChI=1S/C18H30N2O3S/c1-16-8-14-9-17(2,11-16)13-18(10-14,12-16)15(21)19-4-6-20(7-5-19)24(3,22)23/h14H,4-13H2,1-3H3. The number of hydrogen-bond donors (Lipinski definition) is 0. The SMILES string of the molecule is CC12CC3CC(C)(C1)CC(C(=O)N1CCN(S(C)(=O)=O)CC1)(C3)C2. The number of amides is 1. The Bertz CT molecular complexity index is 648. The highest BCUT2D eigenvalue weighted by Crippen LogP contribution is 2.69. The molecule has 2 atom stereocenters. The zero-order valence-corrected chi connectivity index (χ0v) is 16.0. The lowest BCUT2D eigenvalue weighted by Crippen LogP contribution is -2.62. The van der Waals surface area contributed by atoms with Crippen LogP contribution in [0.1, 0.15) is 52.4 Å². The lowest BCUT2D eigenvalue weighted by atomic mass is 9.40. The molecule has 1 amide bonds. The van der Waals surface area contributed by atoms with Crippen molar-refractivity contribution in [3.05, 3.63) is 0 Å². The predicted molar refractivity (Wildman–Crippen MR) is 92.8 cm³/mol. The van der Waals surface area contributed by atoms with E-state index in [1.807, 2.05) is 4.90 Å². The van der Waals surface area contributed by atoms with E-state index >= 15 is 0 Å². The van der Waals surface area contributed by atoms with E-state index in [-0.39, 0.29) is 5.41 Å². The normalized spacial score (nSPS) is 45.6. The van der Waals surface area contributed by atoms with Gasteiger partial charge in [0, 0.05) is 26.2 Å². The second kappa shape index (κ2) is 4.97. The van der Waals surface area contributed by atoms with Gasteiger partial charge in [-0.05, 0) is 55.3 Å². The molecule has 1 saturated heterocycles. The van der Waals surface area contributed by atoms with Crippen LogP contribution in [0, 0.1) is 22.2 Å². The van der Waals surface area contributed by atoms with Gasteiger partial charge in [0.2, 0.25) is 15.9 Å². The van der Waals surface area contributed by atoms with Crippen molar-refractivity contribution in [3.8, 4) is 0 Å². The minimum Gasteiger partial charge on any atom is -0.340 e. The van der Waals surface area contributed by atoms with Gasteiger partial charge in [-0.25, -0.2) is 8.42 Å². The van der Waals surface area contributed by atoms with E-state index in [0.717, 1.165) is 19.3 Å². The minimum absolute atomic E-state index is 0.170. The fourth-order valence-electron chi connectivity index (χ4n) is 7.24. The van der Waals surface area contributed by atoms with Crippen LogP contribution in [-0.4, -0.2) is 56.0 Å². The van der Waals surface area contributed by atoms with Gasteiger partial charge in [-0.2, -0.15) is 4.31 Å². The first-order valence-electron chi connectivity index (χ1n) is 9.27. The molecule has 4 bridgehead atoms. The largest absolute Gasteiger partial charge is 0.340 e. The van der Waals surface area contributed by atoms with Gasteiger partial charge in [0.1, 0.15) is 0 Å². The smallest absolute Gasteiger partial charge is 0.228 e. The van der Waals surface area contributed by atoms with Crippen molar-refractivity contribution in [2.24, 2.45) is 22.2 Å². The van der Waals surface area contributed by atoms with E-state index in [9.17, 15) is 13.2 Å². The number of sulfonamides is 1. The van der Waals surface area contributed by atoms with Gasteiger partial charge >= 0.3 is 0 Å². The Balaban J connectivity index is 1.53. The van der Waals surface area contributed by atoms with Gasteiger partial charge < -0.3 is 4.90 Å². The Labute approximate surface area is 145 Å². The molecule has 0 aromatic rings. The van der Waals surface area contributed by atoms with Crippen LogP contribution in [0.4, 0.5) is 0 Å². The van der Waals surface area contributed by atoms with Crippen LogP contribution in [0.15, 0.2) is 0 Å². The molecule has 6 heteroatoms. The Morgan fingerprint density at radius 2 is 1.46 bits per heavy atom. The molecule has 24 heavy (non-hydrogen) atoms. The molecule has 1 heterocycles. The Kier molecular flexibility index (Phi) is 3.48. The first kappa shape index (κ1) is 16.8. The van der Waals surface area contributed by atoms with Crippen molar-refractivity contribution in [2.45, 2.75) is 52.4 Å². The molecule has 5 rings (SSSR count). The third-order valence-electron chi connectivity index (χ3n) is 7.07. The average molecular weight is 355 g/mol. The lowest BCUT2D eigenvalue weighted by Gasteiger charge is -2.65. The van der Waals surface area contributed by atoms with E-state index in [4.69, 9.17) is 0 Å². The van der Waals surface area contributed by atoms with Crippen LogP contribution in [-0.2, 0) is 14.8 Å². The summed E-state index contributed by atoms with van der Waals surface area (Å²) in [4.78, 5) is 15.4. The molecule has 0 aromatic heterocycles. The highest BCUT2D eigenvalue weighted by molar-refractivity contribution is 7.88. The molecule has 1 aliphatic heterocycles. The van der Waals surface area contributed by atoms with Crippen molar-refractivity contribution in [1.29, 1.82) is 0 Å². The zero-order valence-electron chi connectivity index (χ0n) is 15.2. The average Bonchev–Trinajstić information content (AvgIpc) is 2.42. The fourth-order valence-corrected chi connectivity index (χ4v) is 8.07. The van der Waals surface area contributed by atoms with Gasteiger partial charge in [-0.15, -0.1) is 0 Å². The summed E-state index contributed by atoms with van der Waals surface area (Å²) in [6, 6.07) is 0. The lowest BCUT2D eigenvalue weighted by molar-refractivity contribution is -0.180. The van der Waals surface area contributed by atoms with Crippen molar-refractivity contribution >= 4 is 15.9 Å². The highest BCUT2D eigenvalue weighted by Gasteiger charge is 2.63. The Morgan fingerprint density at radius 3 is 1.92 bits per heavy atom. The molecule has 5 fully saturated rings. The summed E-state index contributed by atoms with van der Waals surface area (Å²) >= 11 is 0. The van der Waals surface area contributed by atoms with Crippen molar-refractivity contribution in [2.75, 3.05) is 32.4 Å². The second-order valence-corrected chi connectivity index (χ2v) is 11.8. The van der Waals surface area contributed by atoms with Crippen LogP contribution in [0.25, 0.3) is 0 Å². The Morgan fingerprint density at radius 1 is 0.917 bits per heavy atom. The van der Waals surface area contributed by atoms with E-state index in [1.165, 1.54) is 29.8 Å². The molecule has 2 unspecified atom stereocenters. The summed E-state index contributed by atoms with van der Waals surface area (Å²) < 4.78 is 24.9. The molecule has 4 saturated carbocycles. The summed E-state index contributed by atoms with van der Waals surface area (Å²) in [5, 5.41) is 0. The Hall–Kier alpha value is -0.620. The molecular formula is C18H30N2O3S. The number of hydrogen-bond acceptors (Lipinski definition) is 3. The number of piperazine rings is 1. The van der Waals surface area contributed by atoms with Crippen molar-refractivity contribution in [1.82, 2.24) is 9.21 Å². The summed E-state index contributed by atoms with van der Waals surface area (Å²) in [6.07, 6.45) is 8.25. The maximum absolute atomic E-state index is 13.5. The van der Waals surface area contributed by atoms with Crippen LogP contribution >= 0.6 is 0 Å². The van der Waals surface area contributed by atoms with Crippen molar-refractivity contribution in [3.63, 3.8) is 0 Å². The van der Waals surface area contributed by atoms with Gasteiger partial charge in [-0.1, -0.05) is 13.8 Å². The minimum atomic E-state index is -3.14. The molecular weight excluding hydrogens is 324 g/mol.